The monoisotopic (exact) mass is 641 g/mol. The lowest BCUT2D eigenvalue weighted by molar-refractivity contribution is -0.135. The molecule has 1 saturated heterocycles. The number of anilines is 1. The highest BCUT2D eigenvalue weighted by Gasteiger charge is 2.43. The molecule has 12 heteroatoms. The maximum atomic E-state index is 13.4. The van der Waals surface area contributed by atoms with Gasteiger partial charge in [-0.1, -0.05) is 30.3 Å². The van der Waals surface area contributed by atoms with Crippen molar-refractivity contribution in [3.8, 4) is 22.8 Å². The number of rotatable bonds is 8. The van der Waals surface area contributed by atoms with Crippen molar-refractivity contribution in [1.29, 1.82) is 0 Å². The highest BCUT2D eigenvalue weighted by atomic mass is 16.3. The van der Waals surface area contributed by atoms with E-state index in [-0.39, 0.29) is 25.4 Å². The largest absolute Gasteiger partial charge is 0.379 e. The molecule has 5 aromatic rings. The number of fused-ring (bicyclic) bond motifs is 1. The van der Waals surface area contributed by atoms with Gasteiger partial charge in [-0.15, -0.1) is 0 Å². The number of nitrogens with one attached hydrogen (secondary N) is 2. The number of carbonyl (C=O) groups is 2. The van der Waals surface area contributed by atoms with E-state index in [1.807, 2.05) is 40.1 Å². The van der Waals surface area contributed by atoms with Crippen LogP contribution in [0.4, 0.5) is 5.69 Å². The topological polar surface area (TPSA) is 153 Å². The van der Waals surface area contributed by atoms with Crippen LogP contribution >= 0.6 is 0 Å². The van der Waals surface area contributed by atoms with E-state index >= 15 is 0 Å². The molecular formula is C36H35N9O3. The van der Waals surface area contributed by atoms with E-state index in [2.05, 4.69) is 48.7 Å². The predicted octanol–water partition coefficient (Wildman–Crippen LogP) is 4.05. The van der Waals surface area contributed by atoms with Crippen LogP contribution < -0.4 is 5.32 Å². The van der Waals surface area contributed by atoms with Gasteiger partial charge in [0.2, 0.25) is 5.91 Å². The van der Waals surface area contributed by atoms with Crippen LogP contribution in [0.2, 0.25) is 0 Å². The lowest BCUT2D eigenvalue weighted by Gasteiger charge is -2.29. The van der Waals surface area contributed by atoms with Crippen molar-refractivity contribution in [2.45, 2.75) is 37.2 Å². The minimum Gasteiger partial charge on any atom is -0.379 e. The van der Waals surface area contributed by atoms with Crippen LogP contribution in [0.15, 0.2) is 79.3 Å². The molecule has 48 heavy (non-hydrogen) atoms. The van der Waals surface area contributed by atoms with Crippen molar-refractivity contribution >= 4 is 34.0 Å². The van der Waals surface area contributed by atoms with Crippen molar-refractivity contribution in [3.05, 3.63) is 90.7 Å². The first kappa shape index (κ1) is 30.0. The standard InChI is InChI=1S/C36H35N9O3/c46-31(45-17-11-24(12-18-45)23-2-4-25(5-3-23)33-37-14-1-15-38-33)21-44-19-13-36(48,22-44)35(47)40-27-8-9-29-28(20-27)32(43-42-29)30-10-16-39-34(41-30)26-6-7-26/h1-5,8-11,14-16,20,26,48H,6-7,12-13,17-19,21-22H2,(H,40,47)(H,42,43)/t36-/m0/s1. The smallest absolute Gasteiger partial charge is 0.257 e. The number of hydrogen-bond acceptors (Lipinski definition) is 9. The minimum atomic E-state index is -1.60. The molecule has 2 aromatic carbocycles. The zero-order valence-corrected chi connectivity index (χ0v) is 26.3. The van der Waals surface area contributed by atoms with Gasteiger partial charge in [0, 0.05) is 67.3 Å². The van der Waals surface area contributed by atoms with Crippen molar-refractivity contribution in [1.82, 2.24) is 39.9 Å². The lowest BCUT2D eigenvalue weighted by Crippen LogP contribution is -2.47. The van der Waals surface area contributed by atoms with Gasteiger partial charge < -0.3 is 15.3 Å². The Hall–Kier alpha value is -5.33. The third-order valence-corrected chi connectivity index (χ3v) is 9.43. The number of hydrogen-bond donors (Lipinski definition) is 3. The lowest BCUT2D eigenvalue weighted by atomic mass is 9.98. The molecule has 1 aliphatic carbocycles. The summed E-state index contributed by atoms with van der Waals surface area (Å²) in [5.41, 5.74) is 4.45. The van der Waals surface area contributed by atoms with Crippen LogP contribution in [0.1, 0.15) is 43.0 Å². The number of aromatic amines is 1. The average Bonchev–Trinajstić information content (AvgIpc) is 3.79. The second-order valence-corrected chi connectivity index (χ2v) is 12.8. The molecule has 8 rings (SSSR count). The van der Waals surface area contributed by atoms with Crippen molar-refractivity contribution in [2.24, 2.45) is 0 Å². The van der Waals surface area contributed by atoms with Crippen molar-refractivity contribution in [2.75, 3.05) is 38.0 Å². The molecule has 3 aliphatic rings. The van der Waals surface area contributed by atoms with Gasteiger partial charge in [-0.3, -0.25) is 19.6 Å². The fourth-order valence-corrected chi connectivity index (χ4v) is 6.50. The first-order valence-electron chi connectivity index (χ1n) is 16.3. The number of benzene rings is 2. The minimum absolute atomic E-state index is 0.0148. The molecular weight excluding hydrogens is 606 g/mol. The molecule has 2 fully saturated rings. The van der Waals surface area contributed by atoms with Gasteiger partial charge in [-0.25, -0.2) is 19.9 Å². The van der Waals surface area contributed by atoms with Gasteiger partial charge >= 0.3 is 0 Å². The third kappa shape index (κ3) is 6.07. The van der Waals surface area contributed by atoms with E-state index < -0.39 is 11.5 Å². The molecule has 0 spiro atoms. The fraction of sp³-hybridized carbons (Fsp3) is 0.306. The second-order valence-electron chi connectivity index (χ2n) is 12.8. The summed E-state index contributed by atoms with van der Waals surface area (Å²) in [5.74, 6) is 1.44. The summed E-state index contributed by atoms with van der Waals surface area (Å²) >= 11 is 0. The van der Waals surface area contributed by atoms with E-state index in [1.165, 1.54) is 5.57 Å². The summed E-state index contributed by atoms with van der Waals surface area (Å²) in [5, 5.41) is 22.6. The van der Waals surface area contributed by atoms with Crippen molar-refractivity contribution < 1.29 is 14.7 Å². The quantitative estimate of drug-likeness (QED) is 0.228. The van der Waals surface area contributed by atoms with Crippen molar-refractivity contribution in [3.63, 3.8) is 0 Å². The first-order chi connectivity index (χ1) is 23.4. The summed E-state index contributed by atoms with van der Waals surface area (Å²) in [6, 6.07) is 17.3. The van der Waals surface area contributed by atoms with Gasteiger partial charge in [0.25, 0.3) is 5.91 Å². The van der Waals surface area contributed by atoms with Crippen LogP contribution in [-0.4, -0.2) is 95.2 Å². The molecule has 3 aromatic heterocycles. The molecule has 2 amide bonds. The molecule has 1 atom stereocenters. The van der Waals surface area contributed by atoms with E-state index in [9.17, 15) is 14.7 Å². The SMILES string of the molecule is O=C(CN1CC[C@@](O)(C(=O)Nc2ccc3[nH]nc(-c4ccnc(C5CC5)n4)c3c2)C1)N1CC=C(c2ccc(-c3ncccn3)cc2)CC1. The number of aromatic nitrogens is 6. The fourth-order valence-electron chi connectivity index (χ4n) is 6.50. The summed E-state index contributed by atoms with van der Waals surface area (Å²) < 4.78 is 0. The number of carbonyl (C=O) groups excluding carboxylic acids is 2. The predicted molar refractivity (Wildman–Crippen MR) is 180 cm³/mol. The second kappa shape index (κ2) is 12.4. The molecule has 0 bridgehead atoms. The van der Waals surface area contributed by atoms with Gasteiger partial charge in [0.05, 0.1) is 17.8 Å². The maximum Gasteiger partial charge on any atom is 0.257 e. The Morgan fingerprint density at radius 1 is 0.979 bits per heavy atom. The Morgan fingerprint density at radius 3 is 2.56 bits per heavy atom. The van der Waals surface area contributed by atoms with Gasteiger partial charge in [0.1, 0.15) is 11.5 Å². The van der Waals surface area contributed by atoms with E-state index in [0.717, 1.165) is 52.8 Å². The van der Waals surface area contributed by atoms with Gasteiger partial charge in [-0.2, -0.15) is 5.10 Å². The van der Waals surface area contributed by atoms with Crippen LogP contribution in [0.3, 0.4) is 0 Å². The van der Waals surface area contributed by atoms with Crippen LogP contribution in [0, 0.1) is 0 Å². The first-order valence-corrected chi connectivity index (χ1v) is 16.3. The zero-order valence-electron chi connectivity index (χ0n) is 26.3. The summed E-state index contributed by atoms with van der Waals surface area (Å²) in [6.07, 6.45) is 10.5. The highest BCUT2D eigenvalue weighted by molar-refractivity contribution is 6.01. The molecule has 0 unspecified atom stereocenters. The van der Waals surface area contributed by atoms with E-state index in [0.29, 0.717) is 42.8 Å². The maximum absolute atomic E-state index is 13.4. The van der Waals surface area contributed by atoms with Gasteiger partial charge in [-0.05, 0) is 67.2 Å². The Labute approximate surface area is 277 Å². The Morgan fingerprint density at radius 2 is 1.79 bits per heavy atom. The Bertz CT molecular complexity index is 2020. The number of β-amino-alcohol motifs (C(OH)–C–C–N with tert-alkyl or cyclic N) is 1. The highest BCUT2D eigenvalue weighted by Crippen LogP contribution is 2.39. The summed E-state index contributed by atoms with van der Waals surface area (Å²) in [7, 11) is 0. The number of amides is 2. The number of likely N-dealkylation sites (tertiary alicyclic amines) is 1. The van der Waals surface area contributed by atoms with Crippen LogP contribution in [0.5, 0.6) is 0 Å². The van der Waals surface area contributed by atoms with Crippen LogP contribution in [-0.2, 0) is 9.59 Å². The molecule has 3 N–H and O–H groups in total. The van der Waals surface area contributed by atoms with Gasteiger partial charge in [0.15, 0.2) is 11.4 Å². The molecule has 242 valence electrons. The van der Waals surface area contributed by atoms with Crippen LogP contribution in [0.25, 0.3) is 39.3 Å². The third-order valence-electron chi connectivity index (χ3n) is 9.43. The molecule has 2 aliphatic heterocycles. The zero-order chi connectivity index (χ0) is 32.7. The molecule has 0 radical (unpaired) electrons. The average molecular weight is 642 g/mol. The Kier molecular flexibility index (Phi) is 7.73. The molecule has 1 saturated carbocycles. The number of nitrogens with zero attached hydrogens (tertiary/aromatic N) is 7. The van der Waals surface area contributed by atoms with E-state index in [4.69, 9.17) is 4.98 Å². The molecule has 12 nitrogen and oxygen atoms in total. The molecule has 5 heterocycles. The summed E-state index contributed by atoms with van der Waals surface area (Å²) in [4.78, 5) is 48.0. The normalized spacial score (nSPS) is 19.8. The number of H-pyrrole nitrogens is 1. The Balaban J connectivity index is 0.870. The summed E-state index contributed by atoms with van der Waals surface area (Å²) in [6.45, 7) is 1.82. The van der Waals surface area contributed by atoms with E-state index in [1.54, 1.807) is 30.7 Å². The number of aliphatic hydroxyl groups is 1.